The number of nitrogens with zero attached hydrogens (tertiary/aromatic N) is 4. The second-order valence-electron chi connectivity index (χ2n) is 9.03. The SMILES string of the molecule is COc1cccc(C#Cc2n[nH]c3nc(N4CCC5(CC4)CO[C@@H](C)[C@H]5N)n(C)c(=O)c23)c1F. The first-order chi connectivity index (χ1) is 16.3. The largest absolute Gasteiger partial charge is 0.494 e. The molecule has 3 aromatic rings. The summed E-state index contributed by atoms with van der Waals surface area (Å²) in [4.78, 5) is 20.0. The summed E-state index contributed by atoms with van der Waals surface area (Å²) in [7, 11) is 3.08. The van der Waals surface area contributed by atoms with E-state index in [1.54, 1.807) is 19.2 Å². The lowest BCUT2D eigenvalue weighted by molar-refractivity contribution is 0.0973. The minimum Gasteiger partial charge on any atom is -0.494 e. The third-order valence-corrected chi connectivity index (χ3v) is 7.16. The summed E-state index contributed by atoms with van der Waals surface area (Å²) in [6.07, 6.45) is 1.80. The van der Waals surface area contributed by atoms with E-state index < -0.39 is 5.82 Å². The van der Waals surface area contributed by atoms with Gasteiger partial charge in [0.15, 0.2) is 22.9 Å². The Morgan fingerprint density at radius 1 is 1.32 bits per heavy atom. The number of nitrogens with one attached hydrogen (secondary N) is 1. The number of piperidine rings is 1. The molecule has 0 saturated carbocycles. The van der Waals surface area contributed by atoms with Crippen molar-refractivity contribution in [3.05, 3.63) is 45.6 Å². The van der Waals surface area contributed by atoms with Gasteiger partial charge in [-0.3, -0.25) is 14.5 Å². The average molecular weight is 467 g/mol. The first kappa shape index (κ1) is 22.4. The average Bonchev–Trinajstić information content (AvgIpc) is 3.38. The van der Waals surface area contributed by atoms with Crippen molar-refractivity contribution in [1.29, 1.82) is 0 Å². The van der Waals surface area contributed by atoms with Gasteiger partial charge < -0.3 is 20.1 Å². The van der Waals surface area contributed by atoms with Gasteiger partial charge in [-0.05, 0) is 37.8 Å². The van der Waals surface area contributed by atoms with Gasteiger partial charge in [0, 0.05) is 31.6 Å². The van der Waals surface area contributed by atoms with E-state index in [1.807, 2.05) is 6.92 Å². The van der Waals surface area contributed by atoms with E-state index in [2.05, 4.69) is 31.9 Å². The second kappa shape index (κ2) is 8.42. The lowest BCUT2D eigenvalue weighted by atomic mass is 9.73. The van der Waals surface area contributed by atoms with E-state index in [0.717, 1.165) is 25.9 Å². The zero-order chi connectivity index (χ0) is 24.0. The number of hydrogen-bond acceptors (Lipinski definition) is 7. The number of halogens is 1. The van der Waals surface area contributed by atoms with Crippen molar-refractivity contribution in [1.82, 2.24) is 19.7 Å². The van der Waals surface area contributed by atoms with Gasteiger partial charge in [-0.15, -0.1) is 0 Å². The zero-order valence-electron chi connectivity index (χ0n) is 19.4. The number of aromatic amines is 1. The van der Waals surface area contributed by atoms with Crippen LogP contribution in [0.2, 0.25) is 0 Å². The van der Waals surface area contributed by atoms with Gasteiger partial charge in [0.2, 0.25) is 5.95 Å². The molecule has 1 aromatic carbocycles. The highest BCUT2D eigenvalue weighted by Crippen LogP contribution is 2.41. The molecule has 0 amide bonds. The standard InChI is InChI=1S/C24H27FN6O3/c1-14-20(26)24(13-34-14)9-11-31(12-10-24)23-27-21-18(22(32)30(23)2)16(28-29-21)8-7-15-5-4-6-17(33-3)19(15)25/h4-6,14,20H,9-13,26H2,1-3H3,(H,28,29)/t14-,20+/m0/s1. The van der Waals surface area contributed by atoms with Gasteiger partial charge in [-0.25, -0.2) is 4.39 Å². The van der Waals surface area contributed by atoms with Crippen LogP contribution in [0.15, 0.2) is 23.0 Å². The quantitative estimate of drug-likeness (QED) is 0.551. The van der Waals surface area contributed by atoms with Crippen molar-refractivity contribution in [3.8, 4) is 17.6 Å². The van der Waals surface area contributed by atoms with E-state index >= 15 is 0 Å². The molecule has 4 heterocycles. The molecule has 2 fully saturated rings. The summed E-state index contributed by atoms with van der Waals surface area (Å²) in [5, 5.41) is 7.25. The van der Waals surface area contributed by atoms with Gasteiger partial charge in [0.1, 0.15) is 5.39 Å². The van der Waals surface area contributed by atoms with E-state index in [-0.39, 0.29) is 45.5 Å². The van der Waals surface area contributed by atoms with Crippen molar-refractivity contribution >= 4 is 17.0 Å². The summed E-state index contributed by atoms with van der Waals surface area (Å²) >= 11 is 0. The number of rotatable bonds is 2. The fourth-order valence-electron chi connectivity index (χ4n) is 4.94. The highest BCUT2D eigenvalue weighted by Gasteiger charge is 2.47. The Bertz CT molecular complexity index is 1360. The molecule has 0 radical (unpaired) electrons. The van der Waals surface area contributed by atoms with Crippen LogP contribution in [0.25, 0.3) is 11.0 Å². The first-order valence-corrected chi connectivity index (χ1v) is 11.3. The number of H-pyrrole nitrogens is 1. The molecule has 1 spiro atoms. The monoisotopic (exact) mass is 466 g/mol. The Balaban J connectivity index is 1.44. The summed E-state index contributed by atoms with van der Waals surface area (Å²) in [5.74, 6) is 5.65. The lowest BCUT2D eigenvalue weighted by Crippen LogP contribution is -2.51. The number of anilines is 1. The first-order valence-electron chi connectivity index (χ1n) is 11.3. The van der Waals surface area contributed by atoms with Crippen LogP contribution in [0, 0.1) is 23.1 Å². The predicted octanol–water partition coefficient (Wildman–Crippen LogP) is 1.54. The Morgan fingerprint density at radius 3 is 2.76 bits per heavy atom. The molecular formula is C24H27FN6O3. The number of fused-ring (bicyclic) bond motifs is 1. The molecule has 0 aliphatic carbocycles. The molecule has 2 aromatic heterocycles. The molecule has 2 aliphatic rings. The number of nitrogens with two attached hydrogens (primary N) is 1. The third-order valence-electron chi connectivity index (χ3n) is 7.16. The van der Waals surface area contributed by atoms with Gasteiger partial charge in [0.05, 0.1) is 25.4 Å². The maximum Gasteiger partial charge on any atom is 0.267 e. The van der Waals surface area contributed by atoms with Crippen molar-refractivity contribution in [2.45, 2.75) is 31.9 Å². The van der Waals surface area contributed by atoms with Crippen LogP contribution in [0.1, 0.15) is 31.0 Å². The van der Waals surface area contributed by atoms with Crippen LogP contribution in [-0.4, -0.2) is 58.7 Å². The van der Waals surface area contributed by atoms with Crippen molar-refractivity contribution in [3.63, 3.8) is 0 Å². The van der Waals surface area contributed by atoms with Crippen LogP contribution in [0.4, 0.5) is 10.3 Å². The van der Waals surface area contributed by atoms with E-state index in [0.29, 0.717) is 18.2 Å². The zero-order valence-corrected chi connectivity index (χ0v) is 19.4. The topological polar surface area (TPSA) is 111 Å². The van der Waals surface area contributed by atoms with Gasteiger partial charge in [-0.2, -0.15) is 10.1 Å². The van der Waals surface area contributed by atoms with Crippen LogP contribution in [0.5, 0.6) is 5.75 Å². The van der Waals surface area contributed by atoms with Crippen LogP contribution >= 0.6 is 0 Å². The van der Waals surface area contributed by atoms with E-state index in [9.17, 15) is 9.18 Å². The van der Waals surface area contributed by atoms with E-state index in [1.165, 1.54) is 17.7 Å². The fourth-order valence-corrected chi connectivity index (χ4v) is 4.94. The molecule has 2 aliphatic heterocycles. The highest BCUT2D eigenvalue weighted by molar-refractivity contribution is 5.81. The molecule has 0 unspecified atom stereocenters. The molecule has 10 heteroatoms. The van der Waals surface area contributed by atoms with Crippen LogP contribution < -0.4 is 20.9 Å². The molecule has 5 rings (SSSR count). The Hall–Kier alpha value is -3.42. The highest BCUT2D eigenvalue weighted by atomic mass is 19.1. The van der Waals surface area contributed by atoms with Crippen LogP contribution in [-0.2, 0) is 11.8 Å². The molecule has 9 nitrogen and oxygen atoms in total. The number of hydrogen-bond donors (Lipinski definition) is 2. The van der Waals surface area contributed by atoms with Crippen molar-refractivity contribution in [2.75, 3.05) is 31.7 Å². The third kappa shape index (κ3) is 3.52. The summed E-state index contributed by atoms with van der Waals surface area (Å²) < 4.78 is 26.7. The number of ether oxygens (including phenoxy) is 2. The number of aromatic nitrogens is 4. The molecule has 0 bridgehead atoms. The van der Waals surface area contributed by atoms with Gasteiger partial charge in [0.25, 0.3) is 5.56 Å². The van der Waals surface area contributed by atoms with Crippen molar-refractivity contribution in [2.24, 2.45) is 18.2 Å². The Morgan fingerprint density at radius 2 is 2.09 bits per heavy atom. The molecule has 2 saturated heterocycles. The maximum absolute atomic E-state index is 14.4. The molecular weight excluding hydrogens is 439 g/mol. The smallest absolute Gasteiger partial charge is 0.267 e. The Labute approximate surface area is 196 Å². The predicted molar refractivity (Wildman–Crippen MR) is 125 cm³/mol. The summed E-state index contributed by atoms with van der Waals surface area (Å²) in [6, 6.07) is 4.72. The molecule has 3 N–H and O–H groups in total. The lowest BCUT2D eigenvalue weighted by Gasteiger charge is -2.41. The normalized spacial score (nSPS) is 21.6. The molecule has 178 valence electrons. The fraction of sp³-hybridized carbons (Fsp3) is 0.458. The van der Waals surface area contributed by atoms with Crippen molar-refractivity contribution < 1.29 is 13.9 Å². The maximum atomic E-state index is 14.4. The Kier molecular flexibility index (Phi) is 5.54. The minimum atomic E-state index is -0.560. The number of benzene rings is 1. The van der Waals surface area contributed by atoms with Gasteiger partial charge >= 0.3 is 0 Å². The molecule has 2 atom stereocenters. The summed E-state index contributed by atoms with van der Waals surface area (Å²) in [6.45, 7) is 4.15. The van der Waals surface area contributed by atoms with E-state index in [4.69, 9.17) is 15.2 Å². The second-order valence-corrected chi connectivity index (χ2v) is 9.03. The van der Waals surface area contributed by atoms with Crippen LogP contribution in [0.3, 0.4) is 0 Å². The molecule has 34 heavy (non-hydrogen) atoms. The van der Waals surface area contributed by atoms with Gasteiger partial charge in [-0.1, -0.05) is 12.0 Å². The minimum absolute atomic E-state index is 0.0112. The summed E-state index contributed by atoms with van der Waals surface area (Å²) in [5.41, 5.74) is 6.87. The number of methoxy groups -OCH3 is 1.